The van der Waals surface area contributed by atoms with Crippen molar-refractivity contribution in [3.63, 3.8) is 0 Å². The zero-order valence-electron chi connectivity index (χ0n) is 14.6. The van der Waals surface area contributed by atoms with Crippen LogP contribution >= 0.6 is 0 Å². The third-order valence-electron chi connectivity index (χ3n) is 6.19. The Morgan fingerprint density at radius 2 is 1.57 bits per heavy atom. The molecule has 0 heterocycles. The van der Waals surface area contributed by atoms with Gasteiger partial charge in [0.15, 0.2) is 0 Å². The second-order valence-electron chi connectivity index (χ2n) is 7.37. The Morgan fingerprint density at radius 1 is 0.826 bits per heavy atom. The van der Waals surface area contributed by atoms with Gasteiger partial charge in [-0.15, -0.1) is 26.3 Å². The quantitative estimate of drug-likeness (QED) is 0.359. The third-order valence-corrected chi connectivity index (χ3v) is 6.19. The number of allylic oxidation sites excluding steroid dienone is 6. The normalized spacial score (nSPS) is 40.3. The van der Waals surface area contributed by atoms with Crippen LogP contribution in [0.15, 0.2) is 62.8 Å². The van der Waals surface area contributed by atoms with Crippen LogP contribution in [0, 0.1) is 48.3 Å². The molecule has 0 N–H and O–H groups in total. The van der Waals surface area contributed by atoms with E-state index in [1.807, 2.05) is 0 Å². The van der Waals surface area contributed by atoms with Crippen LogP contribution in [0.5, 0.6) is 0 Å². The van der Waals surface area contributed by atoms with Gasteiger partial charge in [0.05, 0.1) is 13.3 Å². The van der Waals surface area contributed by atoms with Crippen molar-refractivity contribution in [2.75, 3.05) is 0 Å². The molecule has 2 aliphatic carbocycles. The van der Waals surface area contributed by atoms with Crippen molar-refractivity contribution in [1.29, 1.82) is 0 Å². The van der Waals surface area contributed by atoms with Gasteiger partial charge in [-0.2, -0.15) is 0 Å². The van der Waals surface area contributed by atoms with E-state index in [0.29, 0.717) is 35.5 Å². The molecule has 0 nitrogen and oxygen atoms in total. The number of hydrogen-bond donors (Lipinski definition) is 0. The van der Waals surface area contributed by atoms with E-state index in [9.17, 15) is 0 Å². The van der Waals surface area contributed by atoms with Crippen molar-refractivity contribution in [1.82, 2.24) is 0 Å². The Hall–Kier alpha value is -1.43. The standard InChI is InChI=1S/C23H33/c1-6-11-23-21(16-19(9-4)22(23)10-5)13-12-20-15-17(7-2)14-18(20)8-3/h6-7,9-10,12-13,17-23H,1-5,8,11,14-16H2/q+1/b13-12-. The Morgan fingerprint density at radius 3 is 2.13 bits per heavy atom. The lowest BCUT2D eigenvalue weighted by molar-refractivity contribution is 0.385. The van der Waals surface area contributed by atoms with Crippen LogP contribution in [0.4, 0.5) is 0 Å². The summed E-state index contributed by atoms with van der Waals surface area (Å²) in [6, 6.07) is 0. The minimum absolute atomic E-state index is 0.535. The first-order chi connectivity index (χ1) is 11.2. The van der Waals surface area contributed by atoms with Crippen LogP contribution in [-0.2, 0) is 0 Å². The topological polar surface area (TPSA) is 0 Å². The summed E-state index contributed by atoms with van der Waals surface area (Å²) in [5, 5.41) is 0. The molecule has 0 aromatic carbocycles. The molecule has 0 bridgehead atoms. The van der Waals surface area contributed by atoms with Gasteiger partial charge in [0.25, 0.3) is 0 Å². The van der Waals surface area contributed by atoms with Crippen LogP contribution in [0.25, 0.3) is 0 Å². The predicted octanol–water partition coefficient (Wildman–Crippen LogP) is 6.41. The fourth-order valence-corrected chi connectivity index (χ4v) is 4.85. The highest BCUT2D eigenvalue weighted by Crippen LogP contribution is 2.46. The van der Waals surface area contributed by atoms with Crippen molar-refractivity contribution in [3.05, 3.63) is 69.7 Å². The molecule has 7 atom stereocenters. The molecule has 2 aliphatic rings. The van der Waals surface area contributed by atoms with E-state index < -0.39 is 0 Å². The van der Waals surface area contributed by atoms with E-state index in [4.69, 9.17) is 0 Å². The Balaban J connectivity index is 2.10. The molecule has 0 aromatic heterocycles. The van der Waals surface area contributed by atoms with Gasteiger partial charge in [0.2, 0.25) is 0 Å². The summed E-state index contributed by atoms with van der Waals surface area (Å²) in [5.74, 6) is 4.40. The van der Waals surface area contributed by atoms with Crippen molar-refractivity contribution < 1.29 is 0 Å². The Kier molecular flexibility index (Phi) is 6.57. The zero-order chi connectivity index (χ0) is 16.8. The predicted molar refractivity (Wildman–Crippen MR) is 103 cm³/mol. The molecule has 0 aromatic rings. The summed E-state index contributed by atoms with van der Waals surface area (Å²) >= 11 is 0. The molecule has 0 saturated heterocycles. The van der Waals surface area contributed by atoms with Crippen LogP contribution < -0.4 is 0 Å². The summed E-state index contributed by atoms with van der Waals surface area (Å²) in [6.45, 7) is 20.2. The second kappa shape index (κ2) is 8.43. The lowest BCUT2D eigenvalue weighted by atomic mass is 9.83. The van der Waals surface area contributed by atoms with E-state index >= 15 is 0 Å². The maximum atomic E-state index is 4.15. The summed E-state index contributed by atoms with van der Waals surface area (Å²) in [7, 11) is 0. The molecule has 0 heteroatoms. The summed E-state index contributed by atoms with van der Waals surface area (Å²) in [4.78, 5) is 0. The molecule has 2 fully saturated rings. The SMILES string of the molecule is C=CCC1C(/C=C\C2CC(C=C)CC2C[CH2+])CC(C=C)C1C=C. The maximum absolute atomic E-state index is 4.15. The van der Waals surface area contributed by atoms with Gasteiger partial charge in [-0.25, -0.2) is 0 Å². The lowest BCUT2D eigenvalue weighted by Crippen LogP contribution is -2.14. The van der Waals surface area contributed by atoms with E-state index in [-0.39, 0.29) is 0 Å². The van der Waals surface area contributed by atoms with E-state index in [2.05, 4.69) is 69.7 Å². The van der Waals surface area contributed by atoms with Crippen molar-refractivity contribution in [2.24, 2.45) is 41.4 Å². The van der Waals surface area contributed by atoms with Crippen LogP contribution in [-0.4, -0.2) is 0 Å². The van der Waals surface area contributed by atoms with E-state index in [1.165, 1.54) is 19.3 Å². The Labute approximate surface area is 143 Å². The molecular weight excluding hydrogens is 276 g/mol. The highest BCUT2D eigenvalue weighted by Gasteiger charge is 2.38. The van der Waals surface area contributed by atoms with Gasteiger partial charge in [0, 0.05) is 5.92 Å². The lowest BCUT2D eigenvalue weighted by Gasteiger charge is -2.21. The monoisotopic (exact) mass is 309 g/mol. The minimum Gasteiger partial charge on any atom is -0.103 e. The number of rotatable bonds is 8. The molecule has 7 unspecified atom stereocenters. The molecular formula is C23H33+. The van der Waals surface area contributed by atoms with E-state index in [1.54, 1.807) is 0 Å². The second-order valence-corrected chi connectivity index (χ2v) is 7.37. The smallest absolute Gasteiger partial charge is 0.0884 e. The average molecular weight is 310 g/mol. The molecule has 2 rings (SSSR count). The van der Waals surface area contributed by atoms with Gasteiger partial charge in [-0.1, -0.05) is 36.5 Å². The van der Waals surface area contributed by atoms with Crippen LogP contribution in [0.2, 0.25) is 0 Å². The van der Waals surface area contributed by atoms with Gasteiger partial charge < -0.3 is 0 Å². The summed E-state index contributed by atoms with van der Waals surface area (Å²) in [5.41, 5.74) is 0. The molecule has 0 aliphatic heterocycles. The summed E-state index contributed by atoms with van der Waals surface area (Å²) in [6.07, 6.45) is 19.2. The van der Waals surface area contributed by atoms with Crippen LogP contribution in [0.1, 0.15) is 32.1 Å². The van der Waals surface area contributed by atoms with Crippen molar-refractivity contribution in [3.8, 4) is 0 Å². The highest BCUT2D eigenvalue weighted by atomic mass is 14.4. The van der Waals surface area contributed by atoms with Crippen molar-refractivity contribution in [2.45, 2.75) is 32.1 Å². The molecule has 2 saturated carbocycles. The largest absolute Gasteiger partial charge is 0.103 e. The van der Waals surface area contributed by atoms with E-state index in [0.717, 1.165) is 18.8 Å². The van der Waals surface area contributed by atoms with Crippen LogP contribution in [0.3, 0.4) is 0 Å². The first-order valence-electron chi connectivity index (χ1n) is 9.14. The van der Waals surface area contributed by atoms with Gasteiger partial charge in [-0.3, -0.25) is 0 Å². The van der Waals surface area contributed by atoms with Gasteiger partial charge in [0.1, 0.15) is 0 Å². The molecule has 0 radical (unpaired) electrons. The van der Waals surface area contributed by atoms with Gasteiger partial charge in [-0.05, 0) is 61.2 Å². The first-order valence-corrected chi connectivity index (χ1v) is 9.14. The third kappa shape index (κ3) is 3.91. The highest BCUT2D eigenvalue weighted by molar-refractivity contribution is 5.12. The number of hydrogen-bond acceptors (Lipinski definition) is 0. The van der Waals surface area contributed by atoms with Crippen molar-refractivity contribution >= 4 is 0 Å². The summed E-state index contributed by atoms with van der Waals surface area (Å²) < 4.78 is 0. The minimum atomic E-state index is 0.535. The molecule has 0 spiro atoms. The fraction of sp³-hybridized carbons (Fsp3) is 0.522. The molecule has 0 amide bonds. The molecule has 23 heavy (non-hydrogen) atoms. The molecule has 124 valence electrons. The maximum Gasteiger partial charge on any atom is 0.0884 e. The average Bonchev–Trinajstić information content (AvgIpc) is 3.13. The first kappa shape index (κ1) is 17.9. The van der Waals surface area contributed by atoms with Gasteiger partial charge >= 0.3 is 0 Å². The zero-order valence-corrected chi connectivity index (χ0v) is 14.6. The Bertz CT molecular complexity index is 455. The fourth-order valence-electron chi connectivity index (χ4n) is 4.85.